The number of hydrogen-bond donors (Lipinski definition) is 1. The lowest BCUT2D eigenvalue weighted by Gasteiger charge is -2.42. The zero-order valence-electron chi connectivity index (χ0n) is 15.7. The molecular weight excluding hydrogens is 392 g/mol. The molecule has 2 aromatic heterocycles. The van der Waals surface area contributed by atoms with E-state index in [0.717, 1.165) is 6.07 Å². The van der Waals surface area contributed by atoms with Crippen molar-refractivity contribution in [1.82, 2.24) is 14.8 Å². The van der Waals surface area contributed by atoms with Crippen LogP contribution in [-0.4, -0.2) is 45.2 Å². The lowest BCUT2D eigenvalue weighted by Crippen LogP contribution is -2.53. The summed E-state index contributed by atoms with van der Waals surface area (Å²) >= 11 is 0. The highest BCUT2D eigenvalue weighted by atomic mass is 19.4. The molecule has 154 valence electrons. The summed E-state index contributed by atoms with van der Waals surface area (Å²) < 4.78 is 59.7. The fourth-order valence-electron chi connectivity index (χ4n) is 3.47. The van der Waals surface area contributed by atoms with Crippen LogP contribution >= 0.6 is 0 Å². The minimum atomic E-state index is -4.95. The summed E-state index contributed by atoms with van der Waals surface area (Å²) in [5.41, 5.74) is -1.51. The highest BCUT2D eigenvalue weighted by Crippen LogP contribution is 2.37. The van der Waals surface area contributed by atoms with Crippen LogP contribution in [0.5, 0.6) is 5.75 Å². The number of rotatable bonds is 2. The van der Waals surface area contributed by atoms with Crippen LogP contribution in [0.2, 0.25) is 0 Å². The molecule has 0 amide bonds. The molecule has 1 N–H and O–H groups in total. The van der Waals surface area contributed by atoms with Crippen molar-refractivity contribution >= 4 is 16.7 Å². The molecule has 0 radical (unpaired) electrons. The third kappa shape index (κ3) is 3.37. The molecule has 0 aliphatic carbocycles. The molecule has 1 saturated heterocycles. The van der Waals surface area contributed by atoms with Gasteiger partial charge in [-0.25, -0.2) is 14.1 Å². The van der Waals surface area contributed by atoms with Gasteiger partial charge in [0.2, 0.25) is 0 Å². The molecule has 29 heavy (non-hydrogen) atoms. The predicted octanol–water partition coefficient (Wildman–Crippen LogP) is 3.90. The average Bonchev–Trinajstić information content (AvgIpc) is 3.05. The predicted molar refractivity (Wildman–Crippen MR) is 97.7 cm³/mol. The number of phenols is 1. The maximum Gasteiger partial charge on any atom is 0.419 e. The second-order valence-corrected chi connectivity index (χ2v) is 7.50. The molecule has 3 heterocycles. The third-order valence-corrected chi connectivity index (χ3v) is 4.95. The van der Waals surface area contributed by atoms with E-state index in [4.69, 9.17) is 4.74 Å². The van der Waals surface area contributed by atoms with E-state index in [2.05, 4.69) is 15.0 Å². The Bertz CT molecular complexity index is 1080. The summed E-state index contributed by atoms with van der Waals surface area (Å²) in [6.07, 6.45) is -1.97. The molecule has 1 aliphatic heterocycles. The van der Waals surface area contributed by atoms with Crippen LogP contribution in [0.1, 0.15) is 19.4 Å². The van der Waals surface area contributed by atoms with Crippen LogP contribution in [0, 0.1) is 5.82 Å². The first-order valence-corrected chi connectivity index (χ1v) is 8.87. The molecule has 0 unspecified atom stereocenters. The van der Waals surface area contributed by atoms with Gasteiger partial charge in [0.15, 0.2) is 11.6 Å². The quantitative estimate of drug-likeness (QED) is 0.650. The van der Waals surface area contributed by atoms with Crippen molar-refractivity contribution in [2.75, 3.05) is 24.7 Å². The summed E-state index contributed by atoms with van der Waals surface area (Å²) in [5, 5.41) is 14.4. The van der Waals surface area contributed by atoms with Gasteiger partial charge in [0.1, 0.15) is 5.82 Å². The Balaban J connectivity index is 1.79. The maximum atomic E-state index is 13.7. The molecule has 0 spiro atoms. The molecule has 0 saturated carbocycles. The SMILES string of the molecule is CC1(C)COCCN1c1cc2cnn(-c3cc(O)c(F)c(C(F)(F)F)c3)c2cn1. The number of benzene rings is 1. The minimum Gasteiger partial charge on any atom is -0.505 e. The molecule has 1 fully saturated rings. The summed E-state index contributed by atoms with van der Waals surface area (Å²) in [6.45, 7) is 5.82. The lowest BCUT2D eigenvalue weighted by atomic mass is 10.0. The van der Waals surface area contributed by atoms with Crippen molar-refractivity contribution in [3.05, 3.63) is 42.0 Å². The van der Waals surface area contributed by atoms with Crippen LogP contribution in [0.15, 0.2) is 30.6 Å². The molecular formula is C19H18F4N4O2. The number of alkyl halides is 3. The van der Waals surface area contributed by atoms with Gasteiger partial charge in [-0.3, -0.25) is 0 Å². The molecule has 1 aromatic carbocycles. The number of nitrogens with zero attached hydrogens (tertiary/aromatic N) is 4. The van der Waals surface area contributed by atoms with E-state index in [1.54, 1.807) is 6.07 Å². The van der Waals surface area contributed by atoms with Crippen molar-refractivity contribution < 1.29 is 27.4 Å². The summed E-state index contributed by atoms with van der Waals surface area (Å²) in [6, 6.07) is 3.30. The smallest absolute Gasteiger partial charge is 0.419 e. The normalized spacial score (nSPS) is 17.1. The van der Waals surface area contributed by atoms with E-state index >= 15 is 0 Å². The zero-order chi connectivity index (χ0) is 21.0. The maximum absolute atomic E-state index is 13.7. The Kier molecular flexibility index (Phi) is 4.41. The molecule has 0 bridgehead atoms. The van der Waals surface area contributed by atoms with Crippen molar-refractivity contribution in [2.45, 2.75) is 25.6 Å². The first-order chi connectivity index (χ1) is 13.6. The van der Waals surface area contributed by atoms with Gasteiger partial charge in [-0.05, 0) is 26.0 Å². The van der Waals surface area contributed by atoms with E-state index in [-0.39, 0.29) is 11.2 Å². The first-order valence-electron chi connectivity index (χ1n) is 8.87. The zero-order valence-corrected chi connectivity index (χ0v) is 15.7. The van der Waals surface area contributed by atoms with E-state index in [1.807, 2.05) is 13.8 Å². The molecule has 0 atom stereocenters. The van der Waals surface area contributed by atoms with Crippen molar-refractivity contribution in [1.29, 1.82) is 0 Å². The van der Waals surface area contributed by atoms with Crippen molar-refractivity contribution in [3.63, 3.8) is 0 Å². The average molecular weight is 410 g/mol. The Morgan fingerprint density at radius 1 is 1.17 bits per heavy atom. The van der Waals surface area contributed by atoms with Crippen LogP contribution in [0.4, 0.5) is 23.4 Å². The number of fused-ring (bicyclic) bond motifs is 1. The second kappa shape index (κ2) is 6.58. The van der Waals surface area contributed by atoms with Gasteiger partial charge in [0.05, 0.1) is 47.9 Å². The number of anilines is 1. The highest BCUT2D eigenvalue weighted by Gasteiger charge is 2.36. The summed E-state index contributed by atoms with van der Waals surface area (Å²) in [7, 11) is 0. The van der Waals surface area contributed by atoms with E-state index < -0.39 is 23.3 Å². The molecule has 6 nitrogen and oxygen atoms in total. The van der Waals surface area contributed by atoms with Crippen molar-refractivity contribution in [2.24, 2.45) is 0 Å². The largest absolute Gasteiger partial charge is 0.505 e. The number of ether oxygens (including phenoxy) is 1. The number of aromatic nitrogens is 3. The van der Waals surface area contributed by atoms with Gasteiger partial charge in [-0.2, -0.15) is 18.3 Å². The minimum absolute atomic E-state index is 0.118. The molecule has 3 aromatic rings. The fraction of sp³-hybridized carbons (Fsp3) is 0.368. The Hall–Kier alpha value is -2.88. The number of pyridine rings is 1. The standard InChI is InChI=1S/C19H18F4N4O2/c1-18(2)10-29-4-3-26(18)16-5-11-8-25-27(14(11)9-24-16)12-6-13(19(21,22)23)17(20)15(28)7-12/h5-9,28H,3-4,10H2,1-2H3. The van der Waals surface area contributed by atoms with Crippen LogP contribution < -0.4 is 4.90 Å². The van der Waals surface area contributed by atoms with E-state index in [0.29, 0.717) is 42.5 Å². The highest BCUT2D eigenvalue weighted by molar-refractivity contribution is 5.82. The van der Waals surface area contributed by atoms with Gasteiger partial charge in [-0.1, -0.05) is 0 Å². The van der Waals surface area contributed by atoms with Crippen molar-refractivity contribution in [3.8, 4) is 11.4 Å². The summed E-state index contributed by atoms with van der Waals surface area (Å²) in [4.78, 5) is 6.54. The number of aromatic hydroxyl groups is 1. The molecule has 4 rings (SSSR count). The fourth-order valence-corrected chi connectivity index (χ4v) is 3.47. The number of morpholine rings is 1. The van der Waals surface area contributed by atoms with Crippen LogP contribution in [0.3, 0.4) is 0 Å². The van der Waals surface area contributed by atoms with Gasteiger partial charge in [0.25, 0.3) is 0 Å². The van der Waals surface area contributed by atoms with E-state index in [9.17, 15) is 22.7 Å². The van der Waals surface area contributed by atoms with Gasteiger partial charge in [-0.15, -0.1) is 0 Å². The lowest BCUT2D eigenvalue weighted by molar-refractivity contribution is -0.140. The van der Waals surface area contributed by atoms with Gasteiger partial charge in [0, 0.05) is 18.0 Å². The number of phenolic OH excluding ortho intramolecular Hbond substituents is 1. The first kappa shape index (κ1) is 19.4. The van der Waals surface area contributed by atoms with E-state index in [1.165, 1.54) is 17.1 Å². The Morgan fingerprint density at radius 3 is 2.62 bits per heavy atom. The topological polar surface area (TPSA) is 63.4 Å². The summed E-state index contributed by atoms with van der Waals surface area (Å²) in [5.74, 6) is -2.12. The molecule has 10 heteroatoms. The Labute approximate surface area is 163 Å². The second-order valence-electron chi connectivity index (χ2n) is 7.50. The van der Waals surface area contributed by atoms with Gasteiger partial charge < -0.3 is 14.7 Å². The number of hydrogen-bond acceptors (Lipinski definition) is 5. The number of halogens is 4. The van der Waals surface area contributed by atoms with Gasteiger partial charge >= 0.3 is 6.18 Å². The molecule has 1 aliphatic rings. The Morgan fingerprint density at radius 2 is 1.93 bits per heavy atom. The van der Waals surface area contributed by atoms with Crippen LogP contribution in [-0.2, 0) is 10.9 Å². The monoisotopic (exact) mass is 410 g/mol. The third-order valence-electron chi connectivity index (χ3n) is 4.95. The van der Waals surface area contributed by atoms with Crippen LogP contribution in [0.25, 0.3) is 16.6 Å².